The standard InChI is InChI=1S/C17H18BrNO2/c1-3-21-11-13-6-4-5-7-16(13)19-17(20)14-8-12(2)9-15(18)10-14/h4-10H,3,11H2,1-2H3,(H,19,20). The van der Waals surface area contributed by atoms with Gasteiger partial charge in [0.2, 0.25) is 0 Å². The summed E-state index contributed by atoms with van der Waals surface area (Å²) in [7, 11) is 0. The first-order valence-corrected chi connectivity index (χ1v) is 7.63. The Balaban J connectivity index is 2.19. The Morgan fingerprint density at radius 1 is 1.24 bits per heavy atom. The van der Waals surface area contributed by atoms with Gasteiger partial charge in [-0.2, -0.15) is 0 Å². The first-order chi connectivity index (χ1) is 10.1. The van der Waals surface area contributed by atoms with Crippen molar-refractivity contribution in [2.45, 2.75) is 20.5 Å². The summed E-state index contributed by atoms with van der Waals surface area (Å²) in [5, 5.41) is 2.95. The third kappa shape index (κ3) is 4.41. The molecule has 4 heteroatoms. The fraction of sp³-hybridized carbons (Fsp3) is 0.235. The highest BCUT2D eigenvalue weighted by atomic mass is 79.9. The maximum Gasteiger partial charge on any atom is 0.255 e. The highest BCUT2D eigenvalue weighted by Crippen LogP contribution is 2.19. The molecule has 2 aromatic rings. The minimum Gasteiger partial charge on any atom is -0.377 e. The SMILES string of the molecule is CCOCc1ccccc1NC(=O)c1cc(C)cc(Br)c1. The predicted molar refractivity (Wildman–Crippen MR) is 88.6 cm³/mol. The number of hydrogen-bond acceptors (Lipinski definition) is 2. The highest BCUT2D eigenvalue weighted by molar-refractivity contribution is 9.10. The van der Waals surface area contributed by atoms with E-state index in [0.717, 1.165) is 21.3 Å². The molecule has 0 bridgehead atoms. The van der Waals surface area contributed by atoms with Gasteiger partial charge in [-0.15, -0.1) is 0 Å². The molecule has 0 unspecified atom stereocenters. The van der Waals surface area contributed by atoms with Crippen LogP contribution in [0.1, 0.15) is 28.4 Å². The normalized spacial score (nSPS) is 10.4. The number of carbonyl (C=O) groups excluding carboxylic acids is 1. The highest BCUT2D eigenvalue weighted by Gasteiger charge is 2.10. The van der Waals surface area contributed by atoms with Crippen molar-refractivity contribution in [2.24, 2.45) is 0 Å². The fourth-order valence-electron chi connectivity index (χ4n) is 2.04. The topological polar surface area (TPSA) is 38.3 Å². The van der Waals surface area contributed by atoms with Crippen LogP contribution in [0.4, 0.5) is 5.69 Å². The summed E-state index contributed by atoms with van der Waals surface area (Å²) < 4.78 is 6.33. The van der Waals surface area contributed by atoms with Gasteiger partial charge in [-0.3, -0.25) is 4.79 Å². The second-order valence-corrected chi connectivity index (χ2v) is 5.68. The van der Waals surface area contributed by atoms with Gasteiger partial charge in [0.15, 0.2) is 0 Å². The van der Waals surface area contributed by atoms with E-state index in [-0.39, 0.29) is 5.91 Å². The molecule has 0 heterocycles. The molecule has 2 rings (SSSR count). The fourth-order valence-corrected chi connectivity index (χ4v) is 2.65. The maximum atomic E-state index is 12.4. The molecule has 1 N–H and O–H groups in total. The van der Waals surface area contributed by atoms with Crippen LogP contribution >= 0.6 is 15.9 Å². The van der Waals surface area contributed by atoms with Crippen molar-refractivity contribution in [3.05, 3.63) is 63.6 Å². The molecule has 0 radical (unpaired) electrons. The van der Waals surface area contributed by atoms with Gasteiger partial charge in [0.1, 0.15) is 0 Å². The van der Waals surface area contributed by atoms with Crippen LogP contribution in [0.5, 0.6) is 0 Å². The van der Waals surface area contributed by atoms with E-state index in [1.54, 1.807) is 0 Å². The largest absolute Gasteiger partial charge is 0.377 e. The summed E-state index contributed by atoms with van der Waals surface area (Å²) in [6.45, 7) is 5.05. The third-order valence-electron chi connectivity index (χ3n) is 3.03. The van der Waals surface area contributed by atoms with Crippen LogP contribution in [0.2, 0.25) is 0 Å². The molecule has 0 saturated carbocycles. The number of rotatable bonds is 5. The van der Waals surface area contributed by atoms with Crippen molar-refractivity contribution < 1.29 is 9.53 Å². The molecule has 0 atom stereocenters. The van der Waals surface area contributed by atoms with Crippen LogP contribution in [-0.4, -0.2) is 12.5 Å². The summed E-state index contributed by atoms with van der Waals surface area (Å²) in [6, 6.07) is 13.3. The van der Waals surface area contributed by atoms with Gasteiger partial charge >= 0.3 is 0 Å². The third-order valence-corrected chi connectivity index (χ3v) is 3.49. The van der Waals surface area contributed by atoms with Gasteiger partial charge in [0.05, 0.1) is 6.61 Å². The molecule has 0 aliphatic rings. The summed E-state index contributed by atoms with van der Waals surface area (Å²) in [4.78, 5) is 12.4. The Kier molecular flexibility index (Phi) is 5.53. The maximum absolute atomic E-state index is 12.4. The molecular formula is C17H18BrNO2. The molecule has 1 amide bonds. The van der Waals surface area contributed by atoms with Crippen molar-refractivity contribution in [1.82, 2.24) is 0 Å². The van der Waals surface area contributed by atoms with Crippen molar-refractivity contribution in [3.8, 4) is 0 Å². The Labute approximate surface area is 133 Å². The number of amides is 1. The lowest BCUT2D eigenvalue weighted by Gasteiger charge is -2.11. The molecule has 0 fully saturated rings. The number of carbonyl (C=O) groups is 1. The van der Waals surface area contributed by atoms with E-state index >= 15 is 0 Å². The van der Waals surface area contributed by atoms with Gasteiger partial charge in [-0.1, -0.05) is 34.1 Å². The van der Waals surface area contributed by atoms with Crippen LogP contribution < -0.4 is 5.32 Å². The lowest BCUT2D eigenvalue weighted by molar-refractivity contribution is 0.102. The first kappa shape index (κ1) is 15.7. The summed E-state index contributed by atoms with van der Waals surface area (Å²) in [5.74, 6) is -0.122. The zero-order valence-electron chi connectivity index (χ0n) is 12.2. The average Bonchev–Trinajstić information content (AvgIpc) is 2.45. The van der Waals surface area contributed by atoms with Crippen molar-refractivity contribution in [1.29, 1.82) is 0 Å². The number of hydrogen-bond donors (Lipinski definition) is 1. The number of para-hydroxylation sites is 1. The Bertz CT molecular complexity index is 620. The molecule has 0 aliphatic heterocycles. The Morgan fingerprint density at radius 2 is 2.00 bits per heavy atom. The minimum atomic E-state index is -0.122. The van der Waals surface area contributed by atoms with E-state index in [1.165, 1.54) is 0 Å². The van der Waals surface area contributed by atoms with Crippen molar-refractivity contribution >= 4 is 27.5 Å². The lowest BCUT2D eigenvalue weighted by Crippen LogP contribution is -2.13. The van der Waals surface area contributed by atoms with Gasteiger partial charge in [0, 0.05) is 27.9 Å². The molecule has 0 aromatic heterocycles. The first-order valence-electron chi connectivity index (χ1n) is 6.84. The van der Waals surface area contributed by atoms with E-state index < -0.39 is 0 Å². The smallest absolute Gasteiger partial charge is 0.255 e. The quantitative estimate of drug-likeness (QED) is 0.861. The summed E-state index contributed by atoms with van der Waals surface area (Å²) >= 11 is 3.42. The van der Waals surface area contributed by atoms with E-state index in [0.29, 0.717) is 18.8 Å². The van der Waals surface area contributed by atoms with Crippen LogP contribution in [0.3, 0.4) is 0 Å². The average molecular weight is 348 g/mol. The second-order valence-electron chi connectivity index (χ2n) is 4.77. The predicted octanol–water partition coefficient (Wildman–Crippen LogP) is 4.55. The number of aryl methyl sites for hydroxylation is 1. The molecule has 2 aromatic carbocycles. The zero-order chi connectivity index (χ0) is 15.2. The molecule has 110 valence electrons. The van der Waals surface area contributed by atoms with Gasteiger partial charge < -0.3 is 10.1 Å². The van der Waals surface area contributed by atoms with Gasteiger partial charge in [-0.25, -0.2) is 0 Å². The van der Waals surface area contributed by atoms with Gasteiger partial charge in [-0.05, 0) is 43.7 Å². The van der Waals surface area contributed by atoms with E-state index in [1.807, 2.05) is 56.3 Å². The molecule has 0 aliphatic carbocycles. The second kappa shape index (κ2) is 7.38. The van der Waals surface area contributed by atoms with Crippen LogP contribution in [0.15, 0.2) is 46.9 Å². The van der Waals surface area contributed by atoms with E-state index in [2.05, 4.69) is 21.2 Å². The van der Waals surface area contributed by atoms with E-state index in [9.17, 15) is 4.79 Å². The summed E-state index contributed by atoms with van der Waals surface area (Å²) in [5.41, 5.74) is 3.43. The van der Waals surface area contributed by atoms with Crippen LogP contribution in [-0.2, 0) is 11.3 Å². The molecule has 3 nitrogen and oxygen atoms in total. The minimum absolute atomic E-state index is 0.122. The Morgan fingerprint density at radius 3 is 2.71 bits per heavy atom. The summed E-state index contributed by atoms with van der Waals surface area (Å²) in [6.07, 6.45) is 0. The number of benzene rings is 2. The van der Waals surface area contributed by atoms with E-state index in [4.69, 9.17) is 4.74 Å². The Hall–Kier alpha value is -1.65. The number of nitrogens with one attached hydrogen (secondary N) is 1. The number of halogens is 1. The molecule has 21 heavy (non-hydrogen) atoms. The van der Waals surface area contributed by atoms with Crippen LogP contribution in [0.25, 0.3) is 0 Å². The molecule has 0 saturated heterocycles. The molecular weight excluding hydrogens is 330 g/mol. The van der Waals surface area contributed by atoms with Crippen LogP contribution in [0, 0.1) is 6.92 Å². The van der Waals surface area contributed by atoms with Gasteiger partial charge in [0.25, 0.3) is 5.91 Å². The lowest BCUT2D eigenvalue weighted by atomic mass is 10.1. The van der Waals surface area contributed by atoms with Crippen molar-refractivity contribution in [3.63, 3.8) is 0 Å². The zero-order valence-corrected chi connectivity index (χ0v) is 13.7. The number of anilines is 1. The monoisotopic (exact) mass is 347 g/mol. The van der Waals surface area contributed by atoms with Crippen molar-refractivity contribution in [2.75, 3.05) is 11.9 Å². The molecule has 0 spiro atoms. The number of ether oxygens (including phenoxy) is 1.